The van der Waals surface area contributed by atoms with Gasteiger partial charge >= 0.3 is 23.9 Å². The monoisotopic (exact) mass is 486 g/mol. The first-order valence-electron chi connectivity index (χ1n) is 8.80. The van der Waals surface area contributed by atoms with Gasteiger partial charge in [-0.1, -0.05) is 0 Å². The zero-order valence-corrected chi connectivity index (χ0v) is 16.9. The normalized spacial score (nSPS) is 28.5. The van der Waals surface area contributed by atoms with Gasteiger partial charge in [-0.25, -0.2) is 19.2 Å². The van der Waals surface area contributed by atoms with E-state index in [2.05, 4.69) is 4.74 Å². The molecule has 6 N–H and O–H groups in total. The number of carboxylic acids is 2. The van der Waals surface area contributed by atoms with Crippen LogP contribution >= 0.6 is 0 Å². The van der Waals surface area contributed by atoms with E-state index in [0.717, 1.165) is 14.2 Å². The first-order valence-corrected chi connectivity index (χ1v) is 8.80. The van der Waals surface area contributed by atoms with E-state index in [9.17, 15) is 49.5 Å². The van der Waals surface area contributed by atoms with E-state index in [-0.39, 0.29) is 6.47 Å². The van der Waals surface area contributed by atoms with Gasteiger partial charge in [0.05, 0.1) is 0 Å². The maximum absolute atomic E-state index is 12.2. The first kappa shape index (κ1) is 28.1. The van der Waals surface area contributed by atoms with Crippen molar-refractivity contribution in [3.05, 3.63) is 0 Å². The third-order valence-corrected chi connectivity index (χ3v) is 4.25. The van der Waals surface area contributed by atoms with E-state index in [1.54, 1.807) is 0 Å². The Kier molecular flexibility index (Phi) is 10.5. The molecule has 17 nitrogen and oxygen atoms in total. The second-order valence-electron chi connectivity index (χ2n) is 6.30. The fourth-order valence-corrected chi connectivity index (χ4v) is 2.64. The lowest BCUT2D eigenvalue weighted by Crippen LogP contribution is -2.64. The molecule has 0 radical (unpaired) electrons. The van der Waals surface area contributed by atoms with Crippen LogP contribution in [0.5, 0.6) is 0 Å². The Balaban J connectivity index is 3.29. The van der Waals surface area contributed by atoms with Crippen molar-refractivity contribution in [3.63, 3.8) is 0 Å². The van der Waals surface area contributed by atoms with Crippen LogP contribution in [0.4, 0.5) is 0 Å². The molecule has 0 bridgehead atoms. The van der Waals surface area contributed by atoms with Gasteiger partial charge in [-0.05, 0) is 0 Å². The summed E-state index contributed by atoms with van der Waals surface area (Å²) in [4.78, 5) is 56.9. The molecule has 0 aromatic carbocycles. The summed E-state index contributed by atoms with van der Waals surface area (Å²) in [6.45, 7) is -0.297. The topological polar surface area (TPSA) is 262 Å². The molecule has 1 saturated heterocycles. The Morgan fingerprint density at radius 2 is 1.36 bits per heavy atom. The zero-order valence-electron chi connectivity index (χ0n) is 16.9. The number of methoxy groups -OCH3 is 2. The molecule has 0 spiro atoms. The number of rotatable bonds is 12. The van der Waals surface area contributed by atoms with Gasteiger partial charge in [0, 0.05) is 14.2 Å². The third-order valence-electron chi connectivity index (χ3n) is 4.25. The average molecular weight is 486 g/mol. The van der Waals surface area contributed by atoms with Crippen molar-refractivity contribution < 1.29 is 83.0 Å². The highest BCUT2D eigenvalue weighted by Gasteiger charge is 2.54. The highest BCUT2D eigenvalue weighted by molar-refractivity contribution is 5.84. The molecule has 1 aliphatic heterocycles. The lowest BCUT2D eigenvalue weighted by atomic mass is 9.97. The summed E-state index contributed by atoms with van der Waals surface area (Å²) in [5.74, 6) is -7.11. The molecule has 1 heterocycles. The number of aliphatic carboxylic acids is 2. The van der Waals surface area contributed by atoms with Crippen LogP contribution in [0.1, 0.15) is 0 Å². The van der Waals surface area contributed by atoms with Crippen molar-refractivity contribution in [2.75, 3.05) is 14.2 Å². The summed E-state index contributed by atoms with van der Waals surface area (Å²) in [6, 6.07) is 0. The maximum atomic E-state index is 12.2. The van der Waals surface area contributed by atoms with Gasteiger partial charge in [0.2, 0.25) is 12.4 Å². The molecule has 0 aromatic heterocycles. The van der Waals surface area contributed by atoms with Crippen LogP contribution in [-0.2, 0) is 52.4 Å². The van der Waals surface area contributed by atoms with E-state index in [1.807, 2.05) is 0 Å². The van der Waals surface area contributed by atoms with Crippen LogP contribution in [0.3, 0.4) is 0 Å². The van der Waals surface area contributed by atoms with Crippen LogP contribution in [0.15, 0.2) is 0 Å². The standard InChI is InChI=1S/C16H22O17/c1-28-7-8(31-15(27)6(20)13(25)30-3-17)10(16(29-2)33-9(7)12(23)24)32-14(26)5(19)4(18)11(21)22/h3-10,13,16,18-20,25H,1-2H3,(H,21,22)(H,23,24)/t4-,5-,6-,7?,8?,9?,10?,13+,16?/m1/s1. The number of esters is 2. The number of aliphatic hydroxyl groups is 4. The summed E-state index contributed by atoms with van der Waals surface area (Å²) < 4.78 is 28.7. The summed E-state index contributed by atoms with van der Waals surface area (Å²) in [5, 5.41) is 56.2. The summed E-state index contributed by atoms with van der Waals surface area (Å²) >= 11 is 0. The Hall–Kier alpha value is -2.93. The second kappa shape index (κ2) is 12.3. The first-order chi connectivity index (χ1) is 15.4. The van der Waals surface area contributed by atoms with E-state index < -0.39 is 79.2 Å². The molecule has 5 unspecified atom stereocenters. The number of carbonyl (C=O) groups is 5. The van der Waals surface area contributed by atoms with Crippen molar-refractivity contribution in [2.24, 2.45) is 0 Å². The second-order valence-corrected chi connectivity index (χ2v) is 6.30. The summed E-state index contributed by atoms with van der Waals surface area (Å²) in [5.41, 5.74) is 0. The number of aliphatic hydroxyl groups excluding tert-OH is 4. The molecule has 0 aliphatic carbocycles. The lowest BCUT2D eigenvalue weighted by Gasteiger charge is -2.43. The Bertz CT molecular complexity index is 724. The molecule has 1 fully saturated rings. The molecular formula is C16H22O17. The van der Waals surface area contributed by atoms with E-state index in [0.29, 0.717) is 0 Å². The van der Waals surface area contributed by atoms with Gasteiger partial charge in [0.1, 0.15) is 6.10 Å². The van der Waals surface area contributed by atoms with Crippen molar-refractivity contribution in [3.8, 4) is 0 Å². The van der Waals surface area contributed by atoms with Gasteiger partial charge < -0.3 is 59.1 Å². The average Bonchev–Trinajstić information content (AvgIpc) is 2.77. The minimum atomic E-state index is -2.64. The number of carboxylic acid groups (broad SMARTS) is 2. The number of carbonyl (C=O) groups excluding carboxylic acids is 3. The molecule has 0 saturated carbocycles. The molecular weight excluding hydrogens is 464 g/mol. The molecule has 188 valence electrons. The number of hydrogen-bond donors (Lipinski definition) is 6. The maximum Gasteiger partial charge on any atom is 0.342 e. The molecule has 9 atom stereocenters. The molecule has 17 heteroatoms. The van der Waals surface area contributed by atoms with Crippen molar-refractivity contribution >= 4 is 30.3 Å². The zero-order chi connectivity index (χ0) is 25.5. The quantitative estimate of drug-likeness (QED) is 0.0652. The Morgan fingerprint density at radius 3 is 1.82 bits per heavy atom. The van der Waals surface area contributed by atoms with Crippen LogP contribution in [0.2, 0.25) is 0 Å². The van der Waals surface area contributed by atoms with Gasteiger partial charge in [0.15, 0.2) is 36.8 Å². The fourth-order valence-electron chi connectivity index (χ4n) is 2.64. The minimum Gasteiger partial charge on any atom is -0.479 e. The minimum absolute atomic E-state index is 0.297. The lowest BCUT2D eigenvalue weighted by molar-refractivity contribution is -0.300. The molecule has 1 aliphatic rings. The van der Waals surface area contributed by atoms with Crippen LogP contribution in [0, 0.1) is 0 Å². The van der Waals surface area contributed by atoms with Crippen LogP contribution in [0.25, 0.3) is 0 Å². The van der Waals surface area contributed by atoms with Crippen LogP contribution in [-0.4, -0.2) is 131 Å². The fraction of sp³-hybridized carbons (Fsp3) is 0.688. The van der Waals surface area contributed by atoms with Crippen LogP contribution < -0.4 is 0 Å². The van der Waals surface area contributed by atoms with Crippen molar-refractivity contribution in [2.45, 2.75) is 55.3 Å². The highest BCUT2D eigenvalue weighted by atomic mass is 16.7. The van der Waals surface area contributed by atoms with E-state index >= 15 is 0 Å². The smallest absolute Gasteiger partial charge is 0.342 e. The SMILES string of the molecule is COC1OC(C(=O)O)C(OC)C(OC(=O)[C@H](O)[C@@H](O)OC=O)C1OC(=O)[C@H](O)[C@@H](O)C(=O)O. The third kappa shape index (κ3) is 6.78. The Morgan fingerprint density at radius 1 is 0.818 bits per heavy atom. The predicted octanol–water partition coefficient (Wildman–Crippen LogP) is -5.06. The largest absolute Gasteiger partial charge is 0.479 e. The number of hydrogen-bond acceptors (Lipinski definition) is 15. The van der Waals surface area contributed by atoms with Gasteiger partial charge in [0.25, 0.3) is 6.47 Å². The van der Waals surface area contributed by atoms with Crippen molar-refractivity contribution in [1.82, 2.24) is 0 Å². The number of ether oxygens (including phenoxy) is 6. The molecule has 0 amide bonds. The molecule has 0 aromatic rings. The molecule has 1 rings (SSSR count). The van der Waals surface area contributed by atoms with E-state index in [4.69, 9.17) is 28.8 Å². The highest BCUT2D eigenvalue weighted by Crippen LogP contribution is 2.29. The van der Waals surface area contributed by atoms with Crippen molar-refractivity contribution in [1.29, 1.82) is 0 Å². The van der Waals surface area contributed by atoms with Gasteiger partial charge in [-0.3, -0.25) is 4.79 Å². The summed E-state index contributed by atoms with van der Waals surface area (Å²) in [7, 11) is 1.90. The van der Waals surface area contributed by atoms with Gasteiger partial charge in [-0.15, -0.1) is 0 Å². The van der Waals surface area contributed by atoms with E-state index in [1.165, 1.54) is 0 Å². The summed E-state index contributed by atoms with van der Waals surface area (Å²) in [6.07, 6.45) is -19.6. The molecule has 33 heavy (non-hydrogen) atoms. The van der Waals surface area contributed by atoms with Gasteiger partial charge in [-0.2, -0.15) is 0 Å². The predicted molar refractivity (Wildman–Crippen MR) is 92.7 cm³/mol. The Labute approximate surface area is 183 Å².